The summed E-state index contributed by atoms with van der Waals surface area (Å²) in [7, 11) is 0. The van der Waals surface area contributed by atoms with Gasteiger partial charge in [0.1, 0.15) is 18.0 Å². The van der Waals surface area contributed by atoms with Crippen molar-refractivity contribution in [3.05, 3.63) is 24.3 Å². The summed E-state index contributed by atoms with van der Waals surface area (Å²) in [5.41, 5.74) is 0.0585. The standard InChI is InChI=1S/C21H32N2O3/c1-3-26-21(2,17-7-8-17)20(24)22-18-9-11-19(12-10-18)25-16-15-23-13-5-4-6-14-23/h9-12,17H,3-8,13-16H2,1-2H3,(H,22,24). The highest BCUT2D eigenvalue weighted by Crippen LogP contribution is 2.42. The van der Waals surface area contributed by atoms with E-state index in [9.17, 15) is 4.79 Å². The Balaban J connectivity index is 1.47. The fraction of sp³-hybridized carbons (Fsp3) is 0.667. The Morgan fingerprint density at radius 1 is 1.19 bits per heavy atom. The van der Waals surface area contributed by atoms with Crippen molar-refractivity contribution in [1.82, 2.24) is 4.90 Å². The van der Waals surface area contributed by atoms with E-state index in [1.807, 2.05) is 38.1 Å². The average molecular weight is 360 g/mol. The quantitative estimate of drug-likeness (QED) is 0.730. The fourth-order valence-corrected chi connectivity index (χ4v) is 3.67. The van der Waals surface area contributed by atoms with Crippen molar-refractivity contribution in [1.29, 1.82) is 0 Å². The molecule has 5 heteroatoms. The number of carbonyl (C=O) groups excluding carboxylic acids is 1. The first-order chi connectivity index (χ1) is 12.6. The smallest absolute Gasteiger partial charge is 0.256 e. The van der Waals surface area contributed by atoms with Crippen LogP contribution in [0.2, 0.25) is 0 Å². The summed E-state index contributed by atoms with van der Waals surface area (Å²) < 4.78 is 11.6. The van der Waals surface area contributed by atoms with Gasteiger partial charge in [-0.3, -0.25) is 9.69 Å². The van der Waals surface area contributed by atoms with Crippen LogP contribution in [-0.2, 0) is 9.53 Å². The van der Waals surface area contributed by atoms with E-state index in [2.05, 4.69) is 10.2 Å². The molecule has 0 bridgehead atoms. The second kappa shape index (κ2) is 8.87. The van der Waals surface area contributed by atoms with Gasteiger partial charge in [-0.05, 0) is 82.8 Å². The highest BCUT2D eigenvalue weighted by Gasteiger charge is 2.48. The Kier molecular flexibility index (Phi) is 6.54. The number of carbonyl (C=O) groups is 1. The molecule has 2 fully saturated rings. The molecular formula is C21H32N2O3. The van der Waals surface area contributed by atoms with Gasteiger partial charge in [-0.15, -0.1) is 0 Å². The van der Waals surface area contributed by atoms with Gasteiger partial charge < -0.3 is 14.8 Å². The molecule has 5 nitrogen and oxygen atoms in total. The van der Waals surface area contributed by atoms with Gasteiger partial charge in [0.2, 0.25) is 0 Å². The molecule has 1 amide bonds. The Bertz CT molecular complexity index is 579. The average Bonchev–Trinajstić information content (AvgIpc) is 3.50. The van der Waals surface area contributed by atoms with Crippen molar-refractivity contribution in [2.24, 2.45) is 5.92 Å². The molecule has 1 saturated carbocycles. The summed E-state index contributed by atoms with van der Waals surface area (Å²) >= 11 is 0. The van der Waals surface area contributed by atoms with Crippen LogP contribution in [0.1, 0.15) is 46.0 Å². The number of ether oxygens (including phenoxy) is 2. The van der Waals surface area contributed by atoms with Crippen molar-refractivity contribution in [3.63, 3.8) is 0 Å². The third-order valence-corrected chi connectivity index (χ3v) is 5.49. The van der Waals surface area contributed by atoms with Gasteiger partial charge >= 0.3 is 0 Å². The van der Waals surface area contributed by atoms with E-state index in [-0.39, 0.29) is 5.91 Å². The zero-order chi connectivity index (χ0) is 18.4. The molecule has 0 aromatic heterocycles. The molecule has 0 radical (unpaired) electrons. The summed E-state index contributed by atoms with van der Waals surface area (Å²) in [6.07, 6.45) is 6.08. The van der Waals surface area contributed by atoms with E-state index in [4.69, 9.17) is 9.47 Å². The van der Waals surface area contributed by atoms with Crippen LogP contribution in [0.25, 0.3) is 0 Å². The van der Waals surface area contributed by atoms with Gasteiger partial charge in [0.05, 0.1) is 0 Å². The van der Waals surface area contributed by atoms with Crippen LogP contribution in [0.5, 0.6) is 5.75 Å². The molecule has 1 unspecified atom stereocenters. The molecule has 1 saturated heterocycles. The third-order valence-electron chi connectivity index (χ3n) is 5.49. The Hall–Kier alpha value is -1.59. The van der Waals surface area contributed by atoms with Crippen LogP contribution < -0.4 is 10.1 Å². The number of nitrogens with one attached hydrogen (secondary N) is 1. The largest absolute Gasteiger partial charge is 0.492 e. The van der Waals surface area contributed by atoms with E-state index < -0.39 is 5.60 Å². The van der Waals surface area contributed by atoms with Gasteiger partial charge in [-0.2, -0.15) is 0 Å². The first-order valence-electron chi connectivity index (χ1n) is 10.0. The molecule has 26 heavy (non-hydrogen) atoms. The number of hydrogen-bond acceptors (Lipinski definition) is 4. The van der Waals surface area contributed by atoms with Crippen molar-refractivity contribution in [3.8, 4) is 5.75 Å². The van der Waals surface area contributed by atoms with Gasteiger partial charge in [0.15, 0.2) is 0 Å². The topological polar surface area (TPSA) is 50.8 Å². The number of amides is 1. The van der Waals surface area contributed by atoms with E-state index in [1.165, 1.54) is 32.4 Å². The lowest BCUT2D eigenvalue weighted by Gasteiger charge is -2.28. The highest BCUT2D eigenvalue weighted by molar-refractivity contribution is 5.97. The van der Waals surface area contributed by atoms with E-state index >= 15 is 0 Å². The SMILES string of the molecule is CCOC(C)(C(=O)Nc1ccc(OCCN2CCCCC2)cc1)C1CC1. The van der Waals surface area contributed by atoms with E-state index in [1.54, 1.807) is 0 Å². The van der Waals surface area contributed by atoms with E-state index in [0.29, 0.717) is 19.1 Å². The zero-order valence-electron chi connectivity index (χ0n) is 16.1. The maximum Gasteiger partial charge on any atom is 0.256 e. The Morgan fingerprint density at radius 2 is 1.88 bits per heavy atom. The number of nitrogens with zero attached hydrogens (tertiary/aromatic N) is 1. The van der Waals surface area contributed by atoms with Gasteiger partial charge in [-0.25, -0.2) is 0 Å². The van der Waals surface area contributed by atoms with Crippen LogP contribution in [0.4, 0.5) is 5.69 Å². The van der Waals surface area contributed by atoms with Crippen LogP contribution >= 0.6 is 0 Å². The third kappa shape index (κ3) is 4.98. The number of piperidine rings is 1. The molecule has 0 spiro atoms. The number of anilines is 1. The monoisotopic (exact) mass is 360 g/mol. The lowest BCUT2D eigenvalue weighted by molar-refractivity contribution is -0.141. The lowest BCUT2D eigenvalue weighted by Crippen LogP contribution is -2.44. The fourth-order valence-electron chi connectivity index (χ4n) is 3.67. The maximum atomic E-state index is 12.7. The Labute approximate surface area is 157 Å². The second-order valence-electron chi connectivity index (χ2n) is 7.54. The minimum atomic E-state index is -0.724. The summed E-state index contributed by atoms with van der Waals surface area (Å²) in [4.78, 5) is 15.1. The van der Waals surface area contributed by atoms with Gasteiger partial charge in [0.25, 0.3) is 5.91 Å². The second-order valence-corrected chi connectivity index (χ2v) is 7.54. The molecule has 1 N–H and O–H groups in total. The van der Waals surface area contributed by atoms with Crippen molar-refractivity contribution in [2.75, 3.05) is 38.2 Å². The van der Waals surface area contributed by atoms with Crippen molar-refractivity contribution in [2.45, 2.75) is 51.6 Å². The van der Waals surface area contributed by atoms with Crippen LogP contribution in [0.3, 0.4) is 0 Å². The Morgan fingerprint density at radius 3 is 2.50 bits per heavy atom. The molecule has 3 rings (SSSR count). The lowest BCUT2D eigenvalue weighted by atomic mass is 9.99. The predicted octanol–water partition coefficient (Wildman–Crippen LogP) is 3.70. The molecule has 2 aliphatic rings. The molecule has 1 heterocycles. The van der Waals surface area contributed by atoms with E-state index in [0.717, 1.165) is 30.8 Å². The number of hydrogen-bond donors (Lipinski definition) is 1. The van der Waals surface area contributed by atoms with Crippen molar-refractivity contribution >= 4 is 11.6 Å². The molecule has 1 atom stereocenters. The summed E-state index contributed by atoms with van der Waals surface area (Å²) in [6, 6.07) is 7.63. The van der Waals surface area contributed by atoms with Crippen molar-refractivity contribution < 1.29 is 14.3 Å². The molecule has 1 aliphatic heterocycles. The first kappa shape index (κ1) is 19.2. The highest BCUT2D eigenvalue weighted by atomic mass is 16.5. The summed E-state index contributed by atoms with van der Waals surface area (Å²) in [5, 5.41) is 3.00. The predicted molar refractivity (Wildman–Crippen MR) is 104 cm³/mol. The first-order valence-corrected chi connectivity index (χ1v) is 10.0. The minimum Gasteiger partial charge on any atom is -0.492 e. The van der Waals surface area contributed by atoms with Gasteiger partial charge in [0, 0.05) is 18.8 Å². The molecule has 1 aromatic carbocycles. The summed E-state index contributed by atoms with van der Waals surface area (Å²) in [5.74, 6) is 1.12. The zero-order valence-corrected chi connectivity index (χ0v) is 16.1. The van der Waals surface area contributed by atoms with Crippen LogP contribution in [-0.4, -0.2) is 49.3 Å². The number of benzene rings is 1. The number of likely N-dealkylation sites (tertiary alicyclic amines) is 1. The molecule has 1 aliphatic carbocycles. The molecule has 1 aromatic rings. The number of rotatable bonds is 9. The molecular weight excluding hydrogens is 328 g/mol. The van der Waals surface area contributed by atoms with Gasteiger partial charge in [-0.1, -0.05) is 6.42 Å². The van der Waals surface area contributed by atoms with Crippen LogP contribution in [0, 0.1) is 5.92 Å². The molecule has 144 valence electrons. The normalized spacial score (nSPS) is 20.4. The maximum absolute atomic E-state index is 12.7. The van der Waals surface area contributed by atoms with Crippen LogP contribution in [0.15, 0.2) is 24.3 Å². The summed E-state index contributed by atoms with van der Waals surface area (Å²) in [6.45, 7) is 8.44. The minimum absolute atomic E-state index is 0.0550.